The van der Waals surface area contributed by atoms with E-state index in [2.05, 4.69) is 36.5 Å². The highest BCUT2D eigenvalue weighted by Gasteiger charge is 2.40. The third-order valence-corrected chi connectivity index (χ3v) is 5.35. The molecule has 4 nitrogen and oxygen atoms in total. The number of hydrogen-bond acceptors (Lipinski definition) is 3. The fraction of sp³-hybridized carbons (Fsp3) is 0.409. The first-order valence-electron chi connectivity index (χ1n) is 9.31. The van der Waals surface area contributed by atoms with Crippen molar-refractivity contribution in [2.24, 2.45) is 5.92 Å². The van der Waals surface area contributed by atoms with Crippen molar-refractivity contribution in [1.29, 1.82) is 0 Å². The Bertz CT molecular complexity index is 724. The summed E-state index contributed by atoms with van der Waals surface area (Å²) < 4.78 is 10.5. The van der Waals surface area contributed by atoms with Crippen LogP contribution in [0.15, 0.2) is 48.5 Å². The lowest BCUT2D eigenvalue weighted by molar-refractivity contribution is -0.743. The molecule has 2 N–H and O–H groups in total. The van der Waals surface area contributed by atoms with E-state index in [4.69, 9.17) is 9.47 Å². The van der Waals surface area contributed by atoms with E-state index < -0.39 is 0 Å². The molecule has 3 atom stereocenters. The van der Waals surface area contributed by atoms with Gasteiger partial charge in [-0.1, -0.05) is 13.3 Å². The molecular formula is C22H28NO3+. The Kier molecular flexibility index (Phi) is 5.94. The van der Waals surface area contributed by atoms with Crippen molar-refractivity contribution < 1.29 is 19.6 Å². The Morgan fingerprint density at radius 1 is 0.923 bits per heavy atom. The van der Waals surface area contributed by atoms with Crippen molar-refractivity contribution in [3.05, 3.63) is 59.7 Å². The molecule has 0 aromatic heterocycles. The summed E-state index contributed by atoms with van der Waals surface area (Å²) in [7, 11) is 3.34. The van der Waals surface area contributed by atoms with Crippen molar-refractivity contribution in [2.75, 3.05) is 14.2 Å². The van der Waals surface area contributed by atoms with Crippen LogP contribution in [0.4, 0.5) is 0 Å². The summed E-state index contributed by atoms with van der Waals surface area (Å²) in [6.07, 6.45) is 2.54. The van der Waals surface area contributed by atoms with Gasteiger partial charge in [0.2, 0.25) is 0 Å². The molecule has 2 aromatic rings. The normalized spacial score (nSPS) is 22.9. The highest BCUT2D eigenvalue weighted by Crippen LogP contribution is 2.32. The van der Waals surface area contributed by atoms with Gasteiger partial charge in [0.25, 0.3) is 0 Å². The van der Waals surface area contributed by atoms with E-state index in [1.54, 1.807) is 14.2 Å². The molecule has 0 unspecified atom stereocenters. The second-order valence-corrected chi connectivity index (χ2v) is 6.94. The van der Waals surface area contributed by atoms with Crippen molar-refractivity contribution in [1.82, 2.24) is 0 Å². The monoisotopic (exact) mass is 354 g/mol. The zero-order chi connectivity index (χ0) is 18.5. The predicted molar refractivity (Wildman–Crippen MR) is 101 cm³/mol. The summed E-state index contributed by atoms with van der Waals surface area (Å²) in [5, 5.41) is 2.37. The van der Waals surface area contributed by atoms with Crippen LogP contribution >= 0.6 is 0 Å². The van der Waals surface area contributed by atoms with Crippen LogP contribution in [0.3, 0.4) is 0 Å². The first kappa shape index (κ1) is 18.5. The Morgan fingerprint density at radius 3 is 1.96 bits per heavy atom. The van der Waals surface area contributed by atoms with Crippen LogP contribution in [0, 0.1) is 5.92 Å². The molecule has 1 fully saturated rings. The number of ether oxygens (including phenoxy) is 2. The lowest BCUT2D eigenvalue weighted by Crippen LogP contribution is -2.90. The largest absolute Gasteiger partial charge is 0.497 e. The number of quaternary nitrogens is 1. The summed E-state index contributed by atoms with van der Waals surface area (Å²) in [6.45, 7) is 2.15. The molecule has 0 radical (unpaired) electrons. The zero-order valence-corrected chi connectivity index (χ0v) is 15.8. The van der Waals surface area contributed by atoms with Crippen molar-refractivity contribution >= 4 is 5.78 Å². The number of nitrogens with two attached hydrogens (primary N) is 1. The molecule has 1 aliphatic rings. The molecular weight excluding hydrogens is 326 g/mol. The number of hydrogen-bond donors (Lipinski definition) is 1. The van der Waals surface area contributed by atoms with Gasteiger partial charge in [-0.15, -0.1) is 0 Å². The van der Waals surface area contributed by atoms with Crippen LogP contribution in [0.1, 0.15) is 49.4 Å². The van der Waals surface area contributed by atoms with E-state index in [9.17, 15) is 4.79 Å². The first-order chi connectivity index (χ1) is 12.7. The lowest BCUT2D eigenvalue weighted by atomic mass is 9.79. The lowest BCUT2D eigenvalue weighted by Gasteiger charge is -2.34. The molecule has 0 spiro atoms. The number of benzene rings is 2. The Balaban J connectivity index is 1.87. The molecule has 1 aliphatic heterocycles. The summed E-state index contributed by atoms with van der Waals surface area (Å²) in [5.74, 6) is 2.12. The van der Waals surface area contributed by atoms with Crippen LogP contribution in [0.2, 0.25) is 0 Å². The minimum atomic E-state index is 0.0721. The van der Waals surface area contributed by atoms with E-state index in [-0.39, 0.29) is 18.0 Å². The smallest absolute Gasteiger partial charge is 0.148 e. The van der Waals surface area contributed by atoms with Crippen LogP contribution in [0.5, 0.6) is 11.5 Å². The first-order valence-corrected chi connectivity index (χ1v) is 9.31. The number of rotatable bonds is 6. The molecule has 0 saturated carbocycles. The molecule has 0 aliphatic carbocycles. The van der Waals surface area contributed by atoms with Crippen LogP contribution in [0.25, 0.3) is 0 Å². The highest BCUT2D eigenvalue weighted by atomic mass is 16.5. The Hall–Kier alpha value is -2.33. The van der Waals surface area contributed by atoms with E-state index in [0.717, 1.165) is 24.3 Å². The van der Waals surface area contributed by atoms with Crippen molar-refractivity contribution in [3.63, 3.8) is 0 Å². The zero-order valence-electron chi connectivity index (χ0n) is 15.8. The van der Waals surface area contributed by atoms with E-state index in [1.807, 2.05) is 24.3 Å². The van der Waals surface area contributed by atoms with Crippen LogP contribution < -0.4 is 14.8 Å². The van der Waals surface area contributed by atoms with Crippen LogP contribution in [-0.2, 0) is 4.79 Å². The summed E-state index contributed by atoms with van der Waals surface area (Å²) in [6, 6.07) is 16.5. The number of carbonyl (C=O) groups is 1. The predicted octanol–water partition coefficient (Wildman–Crippen LogP) is 3.44. The molecule has 2 aromatic carbocycles. The number of methoxy groups -OCH3 is 2. The maximum Gasteiger partial charge on any atom is 0.148 e. The quantitative estimate of drug-likeness (QED) is 0.865. The van der Waals surface area contributed by atoms with Crippen molar-refractivity contribution in [2.45, 2.75) is 38.3 Å². The highest BCUT2D eigenvalue weighted by molar-refractivity contribution is 5.83. The topological polar surface area (TPSA) is 52.1 Å². The standard InChI is InChI=1S/C22H27NO3/c1-4-5-19-21(24)14-20(15-6-10-17(25-2)11-7-15)23-22(19)16-8-12-18(26-3)13-9-16/h6-13,19-20,22-23H,4-5,14H2,1-3H3/p+1/t19-,20+,22+/m1/s1. The van der Waals surface area contributed by atoms with Crippen LogP contribution in [-0.4, -0.2) is 20.0 Å². The number of piperidine rings is 1. The molecule has 0 amide bonds. The molecule has 1 saturated heterocycles. The number of carbonyl (C=O) groups excluding carboxylic acids is 1. The minimum absolute atomic E-state index is 0.0721. The van der Waals surface area contributed by atoms with Gasteiger partial charge in [-0.3, -0.25) is 4.79 Å². The van der Waals surface area contributed by atoms with E-state index in [1.165, 1.54) is 11.1 Å². The molecule has 26 heavy (non-hydrogen) atoms. The second kappa shape index (κ2) is 8.37. The summed E-state index contributed by atoms with van der Waals surface area (Å²) in [4.78, 5) is 12.9. The van der Waals surface area contributed by atoms with Crippen molar-refractivity contribution in [3.8, 4) is 11.5 Å². The van der Waals surface area contributed by atoms with Gasteiger partial charge in [-0.25, -0.2) is 0 Å². The van der Waals surface area contributed by atoms with Gasteiger partial charge in [0.1, 0.15) is 29.4 Å². The summed E-state index contributed by atoms with van der Waals surface area (Å²) >= 11 is 0. The maximum atomic E-state index is 12.9. The van der Waals surface area contributed by atoms with E-state index in [0.29, 0.717) is 12.2 Å². The fourth-order valence-corrected chi connectivity index (χ4v) is 3.92. The Labute approximate surface area is 155 Å². The SMILES string of the molecule is CCC[C@@H]1C(=O)C[C@@H](c2ccc(OC)cc2)[NH2+][C@H]1c1ccc(OC)cc1. The van der Waals surface area contributed by atoms with Gasteiger partial charge in [0.05, 0.1) is 26.6 Å². The molecule has 138 valence electrons. The fourth-order valence-electron chi connectivity index (χ4n) is 3.92. The van der Waals surface area contributed by atoms with Gasteiger partial charge < -0.3 is 14.8 Å². The molecule has 4 heteroatoms. The maximum absolute atomic E-state index is 12.9. The molecule has 1 heterocycles. The third-order valence-electron chi connectivity index (χ3n) is 5.35. The Morgan fingerprint density at radius 2 is 1.46 bits per heavy atom. The number of Topliss-reactive ketones (excluding diaryl/α,β-unsaturated/α-hetero) is 1. The van der Waals surface area contributed by atoms with Gasteiger partial charge >= 0.3 is 0 Å². The van der Waals surface area contributed by atoms with Gasteiger partial charge in [0, 0.05) is 11.1 Å². The number of ketones is 1. The average Bonchev–Trinajstić information content (AvgIpc) is 2.69. The molecule has 3 rings (SSSR count). The van der Waals surface area contributed by atoms with E-state index >= 15 is 0 Å². The average molecular weight is 354 g/mol. The second-order valence-electron chi connectivity index (χ2n) is 6.94. The molecule has 0 bridgehead atoms. The van der Waals surface area contributed by atoms with Gasteiger partial charge in [0.15, 0.2) is 0 Å². The van der Waals surface area contributed by atoms with Gasteiger partial charge in [-0.2, -0.15) is 0 Å². The minimum Gasteiger partial charge on any atom is -0.497 e. The van der Waals surface area contributed by atoms with Gasteiger partial charge in [-0.05, 0) is 55.0 Å². The third kappa shape index (κ3) is 3.91. The summed E-state index contributed by atoms with van der Waals surface area (Å²) in [5.41, 5.74) is 2.36.